The van der Waals surface area contributed by atoms with Crippen LogP contribution < -0.4 is 16.4 Å². The van der Waals surface area contributed by atoms with Gasteiger partial charge in [-0.15, -0.1) is 6.42 Å². The molecule has 0 bridgehead atoms. The summed E-state index contributed by atoms with van der Waals surface area (Å²) in [6.07, 6.45) is 5.53. The highest BCUT2D eigenvalue weighted by Crippen LogP contribution is 2.36. The minimum atomic E-state index is -1.31. The monoisotopic (exact) mass is 518 g/mol. The van der Waals surface area contributed by atoms with Crippen LogP contribution in [0.5, 0.6) is 0 Å². The van der Waals surface area contributed by atoms with E-state index in [1.54, 1.807) is 45.0 Å². The summed E-state index contributed by atoms with van der Waals surface area (Å²) in [6.45, 7) is 5.30. The molecule has 0 saturated heterocycles. The Morgan fingerprint density at radius 3 is 2.24 bits per heavy atom. The zero-order valence-electron chi connectivity index (χ0n) is 21.9. The Bertz CT molecular complexity index is 1190. The van der Waals surface area contributed by atoms with Gasteiger partial charge >= 0.3 is 6.09 Å². The van der Waals surface area contributed by atoms with Crippen LogP contribution in [0.25, 0.3) is 0 Å². The number of primary amides is 1. The van der Waals surface area contributed by atoms with Gasteiger partial charge in [0.1, 0.15) is 17.7 Å². The first kappa shape index (κ1) is 28.3. The number of rotatable bonds is 10. The third-order valence-electron chi connectivity index (χ3n) is 5.82. The molecular formula is C29H34N4O5. The van der Waals surface area contributed by atoms with E-state index in [1.807, 2.05) is 30.3 Å². The molecule has 0 aromatic heterocycles. The molecule has 1 aliphatic carbocycles. The fourth-order valence-corrected chi connectivity index (χ4v) is 3.98. The van der Waals surface area contributed by atoms with Crippen LogP contribution in [0.1, 0.15) is 62.8 Å². The van der Waals surface area contributed by atoms with Gasteiger partial charge in [-0.25, -0.2) is 4.79 Å². The molecule has 2 unspecified atom stereocenters. The van der Waals surface area contributed by atoms with E-state index in [2.05, 4.69) is 16.6 Å². The number of carbonyl (C=O) groups excluding carboxylic acids is 4. The van der Waals surface area contributed by atoms with Crippen molar-refractivity contribution in [2.24, 2.45) is 5.73 Å². The number of hydrogen-bond donors (Lipinski definition) is 3. The Morgan fingerprint density at radius 1 is 1.08 bits per heavy atom. The third-order valence-corrected chi connectivity index (χ3v) is 5.82. The minimum Gasteiger partial charge on any atom is -0.444 e. The Hall–Kier alpha value is -4.32. The van der Waals surface area contributed by atoms with E-state index in [-0.39, 0.29) is 12.6 Å². The fraction of sp³-hybridized carbons (Fsp3) is 0.379. The lowest BCUT2D eigenvalue weighted by Crippen LogP contribution is -2.54. The van der Waals surface area contributed by atoms with E-state index < -0.39 is 47.9 Å². The van der Waals surface area contributed by atoms with Gasteiger partial charge in [-0.1, -0.05) is 48.4 Å². The molecule has 1 aliphatic rings. The van der Waals surface area contributed by atoms with Crippen LogP contribution in [0.3, 0.4) is 0 Å². The molecule has 0 spiro atoms. The summed E-state index contributed by atoms with van der Waals surface area (Å²) in [6, 6.07) is 13.6. The maximum atomic E-state index is 13.9. The number of benzene rings is 2. The molecule has 4 amide bonds. The molecule has 1 fully saturated rings. The highest BCUT2D eigenvalue weighted by Gasteiger charge is 2.44. The van der Waals surface area contributed by atoms with Crippen LogP contribution >= 0.6 is 0 Å². The van der Waals surface area contributed by atoms with Gasteiger partial charge in [-0.3, -0.25) is 14.4 Å². The lowest BCUT2D eigenvalue weighted by molar-refractivity contribution is -0.144. The van der Waals surface area contributed by atoms with Gasteiger partial charge in [0, 0.05) is 18.2 Å². The van der Waals surface area contributed by atoms with Crippen molar-refractivity contribution < 1.29 is 23.9 Å². The fourth-order valence-electron chi connectivity index (χ4n) is 3.98. The third kappa shape index (κ3) is 8.10. The average Bonchev–Trinajstić information content (AvgIpc) is 3.69. The maximum Gasteiger partial charge on any atom is 0.408 e. The first-order valence-corrected chi connectivity index (χ1v) is 12.5. The highest BCUT2D eigenvalue weighted by atomic mass is 16.6. The number of nitrogens with zero attached hydrogens (tertiary/aromatic N) is 1. The van der Waals surface area contributed by atoms with Gasteiger partial charge in [0.15, 0.2) is 0 Å². The van der Waals surface area contributed by atoms with Gasteiger partial charge in [-0.05, 0) is 56.9 Å². The normalized spacial score (nSPS) is 14.4. The summed E-state index contributed by atoms with van der Waals surface area (Å²) in [5.74, 6) is 0.759. The zero-order valence-corrected chi connectivity index (χ0v) is 21.9. The molecule has 2 aromatic carbocycles. The van der Waals surface area contributed by atoms with Crippen LogP contribution in [0.15, 0.2) is 54.6 Å². The summed E-state index contributed by atoms with van der Waals surface area (Å²) in [7, 11) is 0. The number of terminal acetylenes is 1. The molecule has 9 nitrogen and oxygen atoms in total. The number of nitrogens with one attached hydrogen (secondary N) is 2. The first-order chi connectivity index (χ1) is 18.0. The number of ether oxygens (including phenoxy) is 1. The summed E-state index contributed by atoms with van der Waals surface area (Å²) < 4.78 is 5.29. The summed E-state index contributed by atoms with van der Waals surface area (Å²) in [4.78, 5) is 53.4. The van der Waals surface area contributed by atoms with Crippen LogP contribution in [0.2, 0.25) is 0 Å². The molecule has 2 atom stereocenters. The molecule has 3 rings (SSSR count). The van der Waals surface area contributed by atoms with Crippen molar-refractivity contribution in [3.8, 4) is 12.3 Å². The predicted molar refractivity (Wildman–Crippen MR) is 142 cm³/mol. The van der Waals surface area contributed by atoms with Crippen LogP contribution in [0, 0.1) is 12.3 Å². The molecule has 0 aliphatic heterocycles. The van der Waals surface area contributed by atoms with Crippen molar-refractivity contribution in [1.29, 1.82) is 0 Å². The Morgan fingerprint density at radius 2 is 1.71 bits per heavy atom. The molecule has 38 heavy (non-hydrogen) atoms. The topological polar surface area (TPSA) is 131 Å². The van der Waals surface area contributed by atoms with E-state index >= 15 is 0 Å². The SMILES string of the molecule is C#Cc1ccc(C(C(=O)NCc2ccccc2)N(C(=O)C(CC(N)=O)NC(=O)OC(C)(C)C)C2CC2)cc1. The Kier molecular flexibility index (Phi) is 9.13. The highest BCUT2D eigenvalue weighted by molar-refractivity contribution is 5.95. The number of amides is 4. The van der Waals surface area contributed by atoms with Crippen molar-refractivity contribution in [2.45, 2.75) is 70.3 Å². The summed E-state index contributed by atoms with van der Waals surface area (Å²) in [5, 5.41) is 5.40. The molecule has 0 radical (unpaired) electrons. The quantitative estimate of drug-likeness (QED) is 0.416. The van der Waals surface area contributed by atoms with Gasteiger partial charge < -0.3 is 26.0 Å². The second-order valence-electron chi connectivity index (χ2n) is 10.2. The molecule has 0 heterocycles. The van der Waals surface area contributed by atoms with E-state index in [0.29, 0.717) is 24.0 Å². The van der Waals surface area contributed by atoms with Crippen molar-refractivity contribution in [2.75, 3.05) is 0 Å². The largest absolute Gasteiger partial charge is 0.444 e. The molecule has 9 heteroatoms. The van der Waals surface area contributed by atoms with Gasteiger partial charge in [-0.2, -0.15) is 0 Å². The lowest BCUT2D eigenvalue weighted by Gasteiger charge is -2.34. The standard InChI is InChI=1S/C29H34N4O5/c1-5-19-11-13-21(14-12-19)25(26(35)31-18-20-9-7-6-8-10-20)33(22-15-16-22)27(36)23(17-24(30)34)32-28(37)38-29(2,3)4/h1,6-14,22-23,25H,15-18H2,2-4H3,(H2,30,34)(H,31,35)(H,32,37). The van der Waals surface area contributed by atoms with Crippen LogP contribution in [0.4, 0.5) is 4.79 Å². The van der Waals surface area contributed by atoms with E-state index in [0.717, 1.165) is 5.56 Å². The number of nitrogens with two attached hydrogens (primary N) is 1. The molecular weight excluding hydrogens is 484 g/mol. The second kappa shape index (κ2) is 12.3. The Labute approximate surface area is 223 Å². The zero-order chi connectivity index (χ0) is 27.9. The van der Waals surface area contributed by atoms with Crippen molar-refractivity contribution in [3.05, 3.63) is 71.3 Å². The molecule has 1 saturated carbocycles. The summed E-state index contributed by atoms with van der Waals surface area (Å²) >= 11 is 0. The van der Waals surface area contributed by atoms with Crippen molar-refractivity contribution in [1.82, 2.24) is 15.5 Å². The van der Waals surface area contributed by atoms with Crippen LogP contribution in [-0.4, -0.2) is 46.4 Å². The number of hydrogen-bond acceptors (Lipinski definition) is 5. The first-order valence-electron chi connectivity index (χ1n) is 12.5. The molecule has 200 valence electrons. The van der Waals surface area contributed by atoms with Crippen molar-refractivity contribution >= 4 is 23.8 Å². The van der Waals surface area contributed by atoms with Gasteiger partial charge in [0.25, 0.3) is 0 Å². The number of carbonyl (C=O) groups is 4. The van der Waals surface area contributed by atoms with E-state index in [9.17, 15) is 19.2 Å². The Balaban J connectivity index is 1.95. The van der Waals surface area contributed by atoms with Crippen molar-refractivity contribution in [3.63, 3.8) is 0 Å². The smallest absolute Gasteiger partial charge is 0.408 e. The number of alkyl carbamates (subject to hydrolysis) is 1. The molecule has 2 aromatic rings. The second-order valence-corrected chi connectivity index (χ2v) is 10.2. The lowest BCUT2D eigenvalue weighted by atomic mass is 10.00. The van der Waals surface area contributed by atoms with Gasteiger partial charge in [0.05, 0.1) is 6.42 Å². The summed E-state index contributed by atoms with van der Waals surface area (Å²) in [5.41, 5.74) is 6.66. The predicted octanol–water partition coefficient (Wildman–Crippen LogP) is 2.79. The van der Waals surface area contributed by atoms with E-state index in [1.165, 1.54) is 4.90 Å². The average molecular weight is 519 g/mol. The minimum absolute atomic E-state index is 0.252. The van der Waals surface area contributed by atoms with E-state index in [4.69, 9.17) is 16.9 Å². The van der Waals surface area contributed by atoms with Crippen LogP contribution in [-0.2, 0) is 25.7 Å². The molecule has 4 N–H and O–H groups in total. The maximum absolute atomic E-state index is 13.9. The van der Waals surface area contributed by atoms with Gasteiger partial charge in [0.2, 0.25) is 17.7 Å².